The van der Waals surface area contributed by atoms with Crippen LogP contribution in [0.2, 0.25) is 0 Å². The van der Waals surface area contributed by atoms with E-state index >= 15 is 0 Å². The van der Waals surface area contributed by atoms with Gasteiger partial charge >= 0.3 is 5.97 Å². The molecule has 3 aromatic rings. The maximum atomic E-state index is 12.2. The molecule has 0 N–H and O–H groups in total. The standard InChI is InChI=1S/C18H13BrN2O4/c19-15-9-17-16(24-11-25-17)8-13(15)10-23-18(22)12-2-4-14(5-3-12)21-7-1-6-20-21/h1-9H,10-11H2. The van der Waals surface area contributed by atoms with Crippen LogP contribution in [0.25, 0.3) is 5.69 Å². The normalized spacial score (nSPS) is 12.2. The molecule has 0 fully saturated rings. The van der Waals surface area contributed by atoms with Crippen LogP contribution < -0.4 is 9.47 Å². The predicted octanol–water partition coefficient (Wildman–Crippen LogP) is 3.72. The Bertz CT molecular complexity index is 908. The number of esters is 1. The summed E-state index contributed by atoms with van der Waals surface area (Å²) in [7, 11) is 0. The third-order valence-electron chi connectivity index (χ3n) is 3.77. The average Bonchev–Trinajstić information content (AvgIpc) is 3.31. The number of benzene rings is 2. The molecule has 0 saturated heterocycles. The minimum absolute atomic E-state index is 0.136. The van der Waals surface area contributed by atoms with Crippen molar-refractivity contribution in [1.82, 2.24) is 9.78 Å². The summed E-state index contributed by atoms with van der Waals surface area (Å²) >= 11 is 3.45. The van der Waals surface area contributed by atoms with E-state index in [-0.39, 0.29) is 13.4 Å². The summed E-state index contributed by atoms with van der Waals surface area (Å²) in [5.41, 5.74) is 2.17. The van der Waals surface area contributed by atoms with Gasteiger partial charge in [0.25, 0.3) is 0 Å². The highest BCUT2D eigenvalue weighted by atomic mass is 79.9. The van der Waals surface area contributed by atoms with Crippen molar-refractivity contribution < 1.29 is 19.0 Å². The summed E-state index contributed by atoms with van der Waals surface area (Å²) in [5.74, 6) is 0.936. The number of carbonyl (C=O) groups is 1. The second-order valence-corrected chi connectivity index (χ2v) is 6.22. The van der Waals surface area contributed by atoms with Gasteiger partial charge in [-0.2, -0.15) is 5.10 Å². The molecule has 2 aromatic carbocycles. The van der Waals surface area contributed by atoms with Gasteiger partial charge < -0.3 is 14.2 Å². The number of ether oxygens (including phenoxy) is 3. The lowest BCUT2D eigenvalue weighted by Gasteiger charge is -2.08. The van der Waals surface area contributed by atoms with E-state index < -0.39 is 5.97 Å². The summed E-state index contributed by atoms with van der Waals surface area (Å²) in [5, 5.41) is 4.15. The monoisotopic (exact) mass is 400 g/mol. The highest BCUT2D eigenvalue weighted by molar-refractivity contribution is 9.10. The van der Waals surface area contributed by atoms with Gasteiger partial charge in [0, 0.05) is 22.4 Å². The van der Waals surface area contributed by atoms with E-state index in [9.17, 15) is 4.79 Å². The van der Waals surface area contributed by atoms with Crippen LogP contribution >= 0.6 is 15.9 Å². The fraction of sp³-hybridized carbons (Fsp3) is 0.111. The van der Waals surface area contributed by atoms with E-state index in [2.05, 4.69) is 21.0 Å². The maximum Gasteiger partial charge on any atom is 0.338 e. The predicted molar refractivity (Wildman–Crippen MR) is 92.9 cm³/mol. The van der Waals surface area contributed by atoms with Crippen LogP contribution in [-0.2, 0) is 11.3 Å². The molecule has 0 spiro atoms. The lowest BCUT2D eigenvalue weighted by Crippen LogP contribution is -2.06. The maximum absolute atomic E-state index is 12.2. The highest BCUT2D eigenvalue weighted by Gasteiger charge is 2.17. The van der Waals surface area contributed by atoms with Gasteiger partial charge in [-0.1, -0.05) is 15.9 Å². The lowest BCUT2D eigenvalue weighted by molar-refractivity contribution is 0.0471. The van der Waals surface area contributed by atoms with Gasteiger partial charge in [-0.3, -0.25) is 0 Å². The van der Waals surface area contributed by atoms with E-state index in [1.807, 2.05) is 30.5 Å². The van der Waals surface area contributed by atoms with Crippen LogP contribution in [-0.4, -0.2) is 22.5 Å². The Morgan fingerprint density at radius 3 is 2.68 bits per heavy atom. The molecule has 1 aliphatic heterocycles. The molecule has 0 atom stereocenters. The first-order valence-corrected chi connectivity index (χ1v) is 8.35. The molecule has 4 rings (SSSR count). The number of hydrogen-bond donors (Lipinski definition) is 0. The average molecular weight is 401 g/mol. The van der Waals surface area contributed by atoms with Crippen LogP contribution in [0.1, 0.15) is 15.9 Å². The molecular weight excluding hydrogens is 388 g/mol. The van der Waals surface area contributed by atoms with Crippen molar-refractivity contribution in [2.75, 3.05) is 6.79 Å². The Labute approximate surface area is 152 Å². The van der Waals surface area contributed by atoms with Gasteiger partial charge in [0.2, 0.25) is 6.79 Å². The molecule has 7 heteroatoms. The molecule has 0 bridgehead atoms. The van der Waals surface area contributed by atoms with Gasteiger partial charge in [-0.25, -0.2) is 9.48 Å². The quantitative estimate of drug-likeness (QED) is 0.624. The van der Waals surface area contributed by atoms with Crippen molar-refractivity contribution in [3.8, 4) is 17.2 Å². The van der Waals surface area contributed by atoms with E-state index in [4.69, 9.17) is 14.2 Å². The number of halogens is 1. The third kappa shape index (κ3) is 3.23. The first kappa shape index (κ1) is 15.7. The molecule has 25 heavy (non-hydrogen) atoms. The zero-order chi connectivity index (χ0) is 17.2. The third-order valence-corrected chi connectivity index (χ3v) is 4.51. The molecule has 2 heterocycles. The molecule has 0 aliphatic carbocycles. The van der Waals surface area contributed by atoms with Crippen molar-refractivity contribution in [3.05, 3.63) is 70.5 Å². The largest absolute Gasteiger partial charge is 0.457 e. The van der Waals surface area contributed by atoms with Gasteiger partial charge in [-0.05, 0) is 42.5 Å². The Kier molecular flexibility index (Phi) is 4.15. The second kappa shape index (κ2) is 6.60. The van der Waals surface area contributed by atoms with Gasteiger partial charge in [0.1, 0.15) is 6.61 Å². The van der Waals surface area contributed by atoms with Crippen molar-refractivity contribution in [2.24, 2.45) is 0 Å². The zero-order valence-electron chi connectivity index (χ0n) is 13.0. The number of aromatic nitrogens is 2. The number of nitrogens with zero attached hydrogens (tertiary/aromatic N) is 2. The molecule has 6 nitrogen and oxygen atoms in total. The van der Waals surface area contributed by atoms with Crippen molar-refractivity contribution >= 4 is 21.9 Å². The second-order valence-electron chi connectivity index (χ2n) is 5.37. The minimum atomic E-state index is -0.392. The Balaban J connectivity index is 1.44. The lowest BCUT2D eigenvalue weighted by atomic mass is 10.2. The van der Waals surface area contributed by atoms with E-state index in [1.165, 1.54) is 0 Å². The molecule has 0 amide bonds. The fourth-order valence-corrected chi connectivity index (χ4v) is 2.91. The van der Waals surface area contributed by atoms with E-state index in [1.54, 1.807) is 29.1 Å². The number of fused-ring (bicyclic) bond motifs is 1. The van der Waals surface area contributed by atoms with Crippen LogP contribution in [0.3, 0.4) is 0 Å². The van der Waals surface area contributed by atoms with Crippen LogP contribution in [0.4, 0.5) is 0 Å². The van der Waals surface area contributed by atoms with Gasteiger partial charge in [-0.15, -0.1) is 0 Å². The van der Waals surface area contributed by atoms with Crippen molar-refractivity contribution in [1.29, 1.82) is 0 Å². The van der Waals surface area contributed by atoms with Gasteiger partial charge in [0.15, 0.2) is 11.5 Å². The Hall–Kier alpha value is -2.80. The smallest absolute Gasteiger partial charge is 0.338 e. The van der Waals surface area contributed by atoms with Crippen LogP contribution in [0, 0.1) is 0 Å². The van der Waals surface area contributed by atoms with Crippen LogP contribution in [0.15, 0.2) is 59.3 Å². The zero-order valence-corrected chi connectivity index (χ0v) is 14.6. The summed E-state index contributed by atoms with van der Waals surface area (Å²) in [6.45, 7) is 0.338. The van der Waals surface area contributed by atoms with Gasteiger partial charge in [0.05, 0.1) is 11.3 Å². The topological polar surface area (TPSA) is 62.6 Å². The first-order chi connectivity index (χ1) is 12.2. The SMILES string of the molecule is O=C(OCc1cc2c(cc1Br)OCO2)c1ccc(-n2cccn2)cc1. The molecule has 0 radical (unpaired) electrons. The summed E-state index contributed by atoms with van der Waals surface area (Å²) in [4.78, 5) is 12.2. The summed E-state index contributed by atoms with van der Waals surface area (Å²) < 4.78 is 18.6. The fourth-order valence-electron chi connectivity index (χ4n) is 2.47. The summed E-state index contributed by atoms with van der Waals surface area (Å²) in [6, 6.07) is 12.5. The number of hydrogen-bond acceptors (Lipinski definition) is 5. The highest BCUT2D eigenvalue weighted by Crippen LogP contribution is 2.37. The Morgan fingerprint density at radius 2 is 1.96 bits per heavy atom. The molecular formula is C18H13BrN2O4. The van der Waals surface area contributed by atoms with Crippen LogP contribution in [0.5, 0.6) is 11.5 Å². The summed E-state index contributed by atoms with van der Waals surface area (Å²) in [6.07, 6.45) is 3.54. The molecule has 126 valence electrons. The Morgan fingerprint density at radius 1 is 1.20 bits per heavy atom. The number of rotatable bonds is 4. The van der Waals surface area contributed by atoms with E-state index in [0.29, 0.717) is 17.1 Å². The van der Waals surface area contributed by atoms with Crippen molar-refractivity contribution in [2.45, 2.75) is 6.61 Å². The first-order valence-electron chi connectivity index (χ1n) is 7.56. The number of carbonyl (C=O) groups excluding carboxylic acids is 1. The molecule has 0 saturated carbocycles. The van der Waals surface area contributed by atoms with E-state index in [0.717, 1.165) is 15.7 Å². The van der Waals surface area contributed by atoms with Crippen molar-refractivity contribution in [3.63, 3.8) is 0 Å². The molecule has 0 unspecified atom stereocenters. The molecule has 1 aromatic heterocycles. The molecule has 1 aliphatic rings. The minimum Gasteiger partial charge on any atom is -0.457 e.